The molecule has 9 heteroatoms. The normalized spacial score (nSPS) is 14.8. The van der Waals surface area contributed by atoms with Crippen LogP contribution in [0.2, 0.25) is 0 Å². The smallest absolute Gasteiger partial charge is 0.253 e. The van der Waals surface area contributed by atoms with Gasteiger partial charge in [-0.15, -0.1) is 0 Å². The van der Waals surface area contributed by atoms with Crippen molar-refractivity contribution in [2.45, 2.75) is 51.4 Å². The highest BCUT2D eigenvalue weighted by molar-refractivity contribution is 6.13. The molecule has 2 aliphatic heterocycles. The topological polar surface area (TPSA) is 110 Å². The highest BCUT2D eigenvalue weighted by Crippen LogP contribution is 2.12. The summed E-state index contributed by atoms with van der Waals surface area (Å²) in [5.74, 6) is -0.447. The molecule has 3 rings (SSSR count). The summed E-state index contributed by atoms with van der Waals surface area (Å²) in [6.45, 7) is 3.38. The van der Waals surface area contributed by atoms with E-state index in [1.165, 1.54) is 12.2 Å². The lowest BCUT2D eigenvalue weighted by atomic mass is 10.0. The molecule has 9 nitrogen and oxygen atoms in total. The summed E-state index contributed by atoms with van der Waals surface area (Å²) in [6.07, 6.45) is 6.50. The van der Waals surface area contributed by atoms with Gasteiger partial charge in [0.1, 0.15) is 11.6 Å². The van der Waals surface area contributed by atoms with Crippen LogP contribution in [0.15, 0.2) is 36.4 Å². The molecular weight excluding hydrogens is 476 g/mol. The summed E-state index contributed by atoms with van der Waals surface area (Å²) in [5.41, 5.74) is 2.06. The van der Waals surface area contributed by atoms with E-state index < -0.39 is 0 Å². The second-order valence-corrected chi connectivity index (χ2v) is 9.29. The van der Waals surface area contributed by atoms with E-state index in [2.05, 4.69) is 0 Å². The van der Waals surface area contributed by atoms with Gasteiger partial charge in [0.15, 0.2) is 0 Å². The zero-order valence-corrected chi connectivity index (χ0v) is 21.3. The van der Waals surface area contributed by atoms with Crippen LogP contribution in [0.5, 0.6) is 0 Å². The zero-order valence-electron chi connectivity index (χ0n) is 21.3. The Balaban J connectivity index is 1.14. The number of hydrogen-bond acceptors (Lipinski definition) is 7. The summed E-state index contributed by atoms with van der Waals surface area (Å²) < 4.78 is 10.9. The van der Waals surface area contributed by atoms with Gasteiger partial charge in [0.2, 0.25) is 5.91 Å². The molecule has 0 unspecified atom stereocenters. The molecule has 0 radical (unpaired) electrons. The van der Waals surface area contributed by atoms with Gasteiger partial charge in [-0.1, -0.05) is 24.3 Å². The molecule has 1 aromatic carbocycles. The third-order valence-electron chi connectivity index (χ3n) is 6.42. The van der Waals surface area contributed by atoms with Crippen molar-refractivity contribution in [3.8, 4) is 0 Å². The van der Waals surface area contributed by atoms with Crippen LogP contribution in [-0.4, -0.2) is 85.1 Å². The van der Waals surface area contributed by atoms with E-state index in [0.717, 1.165) is 42.0 Å². The van der Waals surface area contributed by atoms with Gasteiger partial charge in [-0.2, -0.15) is 0 Å². The van der Waals surface area contributed by atoms with Crippen LogP contribution in [-0.2, 0) is 46.3 Å². The van der Waals surface area contributed by atoms with E-state index in [-0.39, 0.29) is 42.3 Å². The minimum absolute atomic E-state index is 0.0160. The standard InChI is InChI=1S/C28H36N2O7/c31-24(12-16-30-27(34)10-11-28(30)35)3-1-17-36-19-20-37-18-13-25(32)21-23-6-4-22(5-7-23)8-9-26(33)29-14-2-15-29/h4-7,10-11H,1-3,8-9,12-21H2. The number of imide groups is 1. The van der Waals surface area contributed by atoms with Crippen LogP contribution in [0.1, 0.15) is 49.7 Å². The fourth-order valence-corrected chi connectivity index (χ4v) is 4.01. The molecule has 0 bridgehead atoms. The molecule has 0 N–H and O–H groups in total. The highest BCUT2D eigenvalue weighted by atomic mass is 16.5. The van der Waals surface area contributed by atoms with Crippen LogP contribution in [0.3, 0.4) is 0 Å². The third kappa shape index (κ3) is 10.0. The summed E-state index contributed by atoms with van der Waals surface area (Å²) in [6, 6.07) is 7.87. The van der Waals surface area contributed by atoms with E-state index in [1.807, 2.05) is 29.2 Å². The number of benzene rings is 1. The van der Waals surface area contributed by atoms with Crippen LogP contribution in [0, 0.1) is 0 Å². The van der Waals surface area contributed by atoms with E-state index in [9.17, 15) is 24.0 Å². The number of aryl methyl sites for hydroxylation is 1. The van der Waals surface area contributed by atoms with Crippen molar-refractivity contribution in [1.29, 1.82) is 0 Å². The summed E-state index contributed by atoms with van der Waals surface area (Å²) in [5, 5.41) is 0. The first kappa shape index (κ1) is 28.4. The molecule has 0 saturated carbocycles. The van der Waals surface area contributed by atoms with Crippen molar-refractivity contribution in [2.75, 3.05) is 46.1 Å². The van der Waals surface area contributed by atoms with Gasteiger partial charge in [0, 0.05) is 70.5 Å². The number of Topliss-reactive ketones (excluding diaryl/α,β-unsaturated/α-hetero) is 2. The number of nitrogens with zero attached hydrogens (tertiary/aromatic N) is 2. The number of rotatable bonds is 18. The molecule has 1 aromatic rings. The molecule has 2 aliphatic rings. The third-order valence-corrected chi connectivity index (χ3v) is 6.42. The van der Waals surface area contributed by atoms with Crippen LogP contribution in [0.25, 0.3) is 0 Å². The lowest BCUT2D eigenvalue weighted by Gasteiger charge is -2.30. The number of carbonyl (C=O) groups excluding carboxylic acids is 5. The van der Waals surface area contributed by atoms with Crippen LogP contribution in [0.4, 0.5) is 0 Å². The van der Waals surface area contributed by atoms with Crippen molar-refractivity contribution in [1.82, 2.24) is 9.80 Å². The second kappa shape index (κ2) is 15.2. The van der Waals surface area contributed by atoms with Crippen molar-refractivity contribution in [3.63, 3.8) is 0 Å². The average Bonchev–Trinajstić information content (AvgIpc) is 3.17. The molecule has 1 saturated heterocycles. The van der Waals surface area contributed by atoms with Gasteiger partial charge in [-0.05, 0) is 30.4 Å². The zero-order chi connectivity index (χ0) is 26.5. The number of ketones is 2. The van der Waals surface area contributed by atoms with Gasteiger partial charge < -0.3 is 14.4 Å². The minimum atomic E-state index is -0.375. The maximum atomic E-state index is 12.2. The second-order valence-electron chi connectivity index (χ2n) is 9.29. The van der Waals surface area contributed by atoms with Gasteiger partial charge >= 0.3 is 0 Å². The molecule has 0 atom stereocenters. The first-order valence-electron chi connectivity index (χ1n) is 13.0. The van der Waals surface area contributed by atoms with Gasteiger partial charge in [0.05, 0.1) is 19.8 Å². The quantitative estimate of drug-likeness (QED) is 0.219. The van der Waals surface area contributed by atoms with Crippen LogP contribution >= 0.6 is 0 Å². The Bertz CT molecular complexity index is 965. The largest absolute Gasteiger partial charge is 0.379 e. The van der Waals surface area contributed by atoms with Gasteiger partial charge in [-0.25, -0.2) is 0 Å². The van der Waals surface area contributed by atoms with Crippen molar-refractivity contribution in [3.05, 3.63) is 47.5 Å². The number of carbonyl (C=O) groups is 5. The van der Waals surface area contributed by atoms with E-state index >= 15 is 0 Å². The van der Waals surface area contributed by atoms with E-state index in [0.29, 0.717) is 58.5 Å². The fourth-order valence-electron chi connectivity index (χ4n) is 4.01. The monoisotopic (exact) mass is 512 g/mol. The van der Waals surface area contributed by atoms with Crippen molar-refractivity contribution < 1.29 is 33.4 Å². The molecule has 0 aromatic heterocycles. The predicted molar refractivity (Wildman–Crippen MR) is 136 cm³/mol. The number of amides is 3. The lowest BCUT2D eigenvalue weighted by molar-refractivity contribution is -0.137. The van der Waals surface area contributed by atoms with Crippen molar-refractivity contribution >= 4 is 29.3 Å². The number of ether oxygens (including phenoxy) is 2. The van der Waals surface area contributed by atoms with Crippen LogP contribution < -0.4 is 0 Å². The first-order valence-corrected chi connectivity index (χ1v) is 13.0. The molecule has 1 fully saturated rings. The molecule has 200 valence electrons. The molecule has 2 heterocycles. The Labute approximate surface area is 217 Å². The Morgan fingerprint density at radius 2 is 1.38 bits per heavy atom. The Morgan fingerprint density at radius 3 is 2.03 bits per heavy atom. The SMILES string of the molecule is O=C(CCCOCCOCCC(=O)Cc1ccc(CCC(=O)N2CCC2)cc1)CCN1C(=O)C=CC1=O. The van der Waals surface area contributed by atoms with E-state index in [4.69, 9.17) is 9.47 Å². The molecular formula is C28H36N2O7. The fraction of sp³-hybridized carbons (Fsp3) is 0.536. The van der Waals surface area contributed by atoms with Crippen molar-refractivity contribution in [2.24, 2.45) is 0 Å². The van der Waals surface area contributed by atoms with E-state index in [1.54, 1.807) is 0 Å². The van der Waals surface area contributed by atoms with Gasteiger partial charge in [-0.3, -0.25) is 28.9 Å². The Morgan fingerprint density at radius 1 is 0.730 bits per heavy atom. The Hall–Kier alpha value is -3.17. The minimum Gasteiger partial charge on any atom is -0.379 e. The molecule has 3 amide bonds. The predicted octanol–water partition coefficient (Wildman–Crippen LogP) is 2.05. The highest BCUT2D eigenvalue weighted by Gasteiger charge is 2.23. The number of likely N-dealkylation sites (tertiary alicyclic amines) is 1. The maximum Gasteiger partial charge on any atom is 0.253 e. The molecule has 0 aliphatic carbocycles. The lowest BCUT2D eigenvalue weighted by Crippen LogP contribution is -2.42. The molecule has 0 spiro atoms. The summed E-state index contributed by atoms with van der Waals surface area (Å²) >= 11 is 0. The van der Waals surface area contributed by atoms with Gasteiger partial charge in [0.25, 0.3) is 11.8 Å². The number of hydrogen-bond donors (Lipinski definition) is 0. The summed E-state index contributed by atoms with van der Waals surface area (Å²) in [7, 11) is 0. The Kier molecular flexibility index (Phi) is 11.6. The molecule has 37 heavy (non-hydrogen) atoms. The summed E-state index contributed by atoms with van der Waals surface area (Å²) in [4.78, 5) is 61.9. The first-order chi connectivity index (χ1) is 17.9. The maximum absolute atomic E-state index is 12.2. The average molecular weight is 513 g/mol.